The summed E-state index contributed by atoms with van der Waals surface area (Å²) in [5.74, 6) is -1.97. The van der Waals surface area contributed by atoms with Crippen LogP contribution in [0.1, 0.15) is 0 Å². The summed E-state index contributed by atoms with van der Waals surface area (Å²) in [6.07, 6.45) is 0. The molecule has 1 aromatic rings. The standard InChI is InChI=1S/C11H13FN2O3/c12-8-3-6(1-2-10(8)15)14-11(16)7-4-17-5-9(7)13/h1-3,7,9,15H,4-5,13H2,(H,14,16). The number of nitrogens with one attached hydrogen (secondary N) is 1. The van der Waals surface area contributed by atoms with Gasteiger partial charge in [0, 0.05) is 17.8 Å². The second-order valence-electron chi connectivity index (χ2n) is 3.96. The number of nitrogens with two attached hydrogens (primary N) is 1. The molecule has 4 N–H and O–H groups in total. The Morgan fingerprint density at radius 3 is 2.88 bits per heavy atom. The van der Waals surface area contributed by atoms with Gasteiger partial charge in [-0.1, -0.05) is 0 Å². The molecule has 2 unspecified atom stereocenters. The summed E-state index contributed by atoms with van der Waals surface area (Å²) in [4.78, 5) is 11.8. The number of hydrogen-bond donors (Lipinski definition) is 3. The molecule has 1 heterocycles. The minimum absolute atomic E-state index is 0.271. The summed E-state index contributed by atoms with van der Waals surface area (Å²) >= 11 is 0. The number of halogens is 1. The SMILES string of the molecule is NC1COCC1C(=O)Nc1ccc(O)c(F)c1. The number of hydrogen-bond acceptors (Lipinski definition) is 4. The van der Waals surface area contributed by atoms with E-state index < -0.39 is 17.5 Å². The highest BCUT2D eigenvalue weighted by Crippen LogP contribution is 2.21. The molecule has 1 fully saturated rings. The Morgan fingerprint density at radius 2 is 2.29 bits per heavy atom. The van der Waals surface area contributed by atoms with Crippen molar-refractivity contribution in [2.45, 2.75) is 6.04 Å². The number of phenolic OH excluding ortho intramolecular Hbond substituents is 1. The van der Waals surface area contributed by atoms with Crippen molar-refractivity contribution >= 4 is 11.6 Å². The maximum Gasteiger partial charge on any atom is 0.231 e. The first kappa shape index (κ1) is 11.8. The Kier molecular flexibility index (Phi) is 3.26. The molecule has 2 rings (SSSR count). The first-order chi connectivity index (χ1) is 8.08. The zero-order valence-corrected chi connectivity index (χ0v) is 9.02. The molecule has 1 saturated heterocycles. The molecule has 0 spiro atoms. The fraction of sp³-hybridized carbons (Fsp3) is 0.364. The van der Waals surface area contributed by atoms with Gasteiger partial charge in [-0.05, 0) is 12.1 Å². The van der Waals surface area contributed by atoms with E-state index in [2.05, 4.69) is 5.32 Å². The summed E-state index contributed by atoms with van der Waals surface area (Å²) in [5, 5.41) is 11.5. The third kappa shape index (κ3) is 2.54. The molecule has 6 heteroatoms. The largest absolute Gasteiger partial charge is 0.505 e. The van der Waals surface area contributed by atoms with Gasteiger partial charge >= 0.3 is 0 Å². The highest BCUT2D eigenvalue weighted by molar-refractivity contribution is 5.93. The number of phenols is 1. The van der Waals surface area contributed by atoms with Gasteiger partial charge < -0.3 is 20.9 Å². The van der Waals surface area contributed by atoms with Crippen molar-refractivity contribution in [2.75, 3.05) is 18.5 Å². The molecular weight excluding hydrogens is 227 g/mol. The average Bonchev–Trinajstić information content (AvgIpc) is 2.70. The lowest BCUT2D eigenvalue weighted by Crippen LogP contribution is -2.37. The molecule has 2 atom stereocenters. The van der Waals surface area contributed by atoms with Gasteiger partial charge in [-0.3, -0.25) is 4.79 Å². The van der Waals surface area contributed by atoms with E-state index in [0.29, 0.717) is 6.61 Å². The van der Waals surface area contributed by atoms with E-state index in [1.165, 1.54) is 12.1 Å². The fourth-order valence-corrected chi connectivity index (χ4v) is 1.66. The van der Waals surface area contributed by atoms with Crippen LogP contribution >= 0.6 is 0 Å². The highest BCUT2D eigenvalue weighted by atomic mass is 19.1. The molecule has 0 bridgehead atoms. The normalized spacial score (nSPS) is 23.6. The molecule has 5 nitrogen and oxygen atoms in total. The topological polar surface area (TPSA) is 84.6 Å². The Labute approximate surface area is 97.4 Å². The number of carbonyl (C=O) groups excluding carboxylic acids is 1. The molecule has 0 aliphatic carbocycles. The quantitative estimate of drug-likeness (QED) is 0.655. The second-order valence-corrected chi connectivity index (χ2v) is 3.96. The smallest absolute Gasteiger partial charge is 0.231 e. The number of rotatable bonds is 2. The molecule has 0 saturated carbocycles. The van der Waals surface area contributed by atoms with Crippen molar-refractivity contribution in [3.05, 3.63) is 24.0 Å². The fourth-order valence-electron chi connectivity index (χ4n) is 1.66. The Morgan fingerprint density at radius 1 is 1.53 bits per heavy atom. The molecule has 0 radical (unpaired) electrons. The van der Waals surface area contributed by atoms with Crippen molar-refractivity contribution < 1.29 is 19.0 Å². The van der Waals surface area contributed by atoms with Crippen LogP contribution in [0.2, 0.25) is 0 Å². The van der Waals surface area contributed by atoms with E-state index in [-0.39, 0.29) is 24.2 Å². The number of carbonyl (C=O) groups is 1. The van der Waals surface area contributed by atoms with Crippen molar-refractivity contribution in [3.63, 3.8) is 0 Å². The Bertz CT molecular complexity index is 439. The molecular formula is C11H13FN2O3. The van der Waals surface area contributed by atoms with Crippen LogP contribution < -0.4 is 11.1 Å². The van der Waals surface area contributed by atoms with Crippen LogP contribution in [0.3, 0.4) is 0 Å². The highest BCUT2D eigenvalue weighted by Gasteiger charge is 2.31. The van der Waals surface area contributed by atoms with Gasteiger partial charge in [0.05, 0.1) is 19.1 Å². The van der Waals surface area contributed by atoms with Crippen LogP contribution in [0, 0.1) is 11.7 Å². The molecule has 1 aliphatic heterocycles. The summed E-state index contributed by atoms with van der Waals surface area (Å²) < 4.78 is 18.1. The van der Waals surface area contributed by atoms with Crippen LogP contribution in [-0.4, -0.2) is 30.3 Å². The van der Waals surface area contributed by atoms with Crippen LogP contribution in [0.25, 0.3) is 0 Å². The lowest BCUT2D eigenvalue weighted by atomic mass is 10.0. The van der Waals surface area contributed by atoms with E-state index in [1.807, 2.05) is 0 Å². The molecule has 0 aromatic heterocycles. The maximum absolute atomic E-state index is 13.0. The predicted molar refractivity (Wildman–Crippen MR) is 59.0 cm³/mol. The summed E-state index contributed by atoms with van der Waals surface area (Å²) in [6.45, 7) is 0.621. The number of amides is 1. The average molecular weight is 240 g/mol. The van der Waals surface area contributed by atoms with Crippen molar-refractivity contribution in [1.82, 2.24) is 0 Å². The molecule has 17 heavy (non-hydrogen) atoms. The first-order valence-corrected chi connectivity index (χ1v) is 5.20. The zero-order valence-electron chi connectivity index (χ0n) is 9.02. The van der Waals surface area contributed by atoms with Crippen molar-refractivity contribution in [3.8, 4) is 5.75 Å². The first-order valence-electron chi connectivity index (χ1n) is 5.20. The number of anilines is 1. The third-order valence-electron chi connectivity index (χ3n) is 2.68. The third-order valence-corrected chi connectivity index (χ3v) is 2.68. The number of ether oxygens (including phenoxy) is 1. The monoisotopic (exact) mass is 240 g/mol. The molecule has 92 valence electrons. The van der Waals surface area contributed by atoms with E-state index in [0.717, 1.165) is 6.07 Å². The van der Waals surface area contributed by atoms with Crippen LogP contribution in [0.4, 0.5) is 10.1 Å². The maximum atomic E-state index is 13.0. The van der Waals surface area contributed by atoms with Crippen molar-refractivity contribution in [2.24, 2.45) is 11.7 Å². The molecule has 1 aromatic carbocycles. The zero-order chi connectivity index (χ0) is 12.4. The Balaban J connectivity index is 2.05. The van der Waals surface area contributed by atoms with E-state index in [9.17, 15) is 9.18 Å². The van der Waals surface area contributed by atoms with Gasteiger partial charge in [0.1, 0.15) is 0 Å². The summed E-state index contributed by atoms with van der Waals surface area (Å²) in [6, 6.07) is 3.30. The Hall–Kier alpha value is -1.66. The lowest BCUT2D eigenvalue weighted by Gasteiger charge is -2.13. The van der Waals surface area contributed by atoms with E-state index in [1.54, 1.807) is 0 Å². The predicted octanol–water partition coefficient (Wildman–Crippen LogP) is 0.443. The van der Waals surface area contributed by atoms with Gasteiger partial charge in [-0.15, -0.1) is 0 Å². The van der Waals surface area contributed by atoms with Gasteiger partial charge in [0.15, 0.2) is 11.6 Å². The van der Waals surface area contributed by atoms with E-state index >= 15 is 0 Å². The van der Waals surface area contributed by atoms with Gasteiger partial charge in [0.25, 0.3) is 0 Å². The summed E-state index contributed by atoms with van der Waals surface area (Å²) in [5.41, 5.74) is 5.97. The van der Waals surface area contributed by atoms with Gasteiger partial charge in [-0.2, -0.15) is 0 Å². The van der Waals surface area contributed by atoms with Crippen LogP contribution in [0.15, 0.2) is 18.2 Å². The van der Waals surface area contributed by atoms with Crippen LogP contribution in [-0.2, 0) is 9.53 Å². The summed E-state index contributed by atoms with van der Waals surface area (Å²) in [7, 11) is 0. The molecule has 1 aliphatic rings. The number of benzene rings is 1. The molecule has 1 amide bonds. The lowest BCUT2D eigenvalue weighted by molar-refractivity contribution is -0.120. The second kappa shape index (κ2) is 4.68. The van der Waals surface area contributed by atoms with Crippen LogP contribution in [0.5, 0.6) is 5.75 Å². The van der Waals surface area contributed by atoms with Gasteiger partial charge in [-0.25, -0.2) is 4.39 Å². The van der Waals surface area contributed by atoms with Crippen molar-refractivity contribution in [1.29, 1.82) is 0 Å². The van der Waals surface area contributed by atoms with Gasteiger partial charge in [0.2, 0.25) is 5.91 Å². The number of aromatic hydroxyl groups is 1. The minimum Gasteiger partial charge on any atom is -0.505 e. The van der Waals surface area contributed by atoms with E-state index in [4.69, 9.17) is 15.6 Å². The minimum atomic E-state index is -0.783.